The van der Waals surface area contributed by atoms with Crippen LogP contribution in [0.2, 0.25) is 0 Å². The van der Waals surface area contributed by atoms with Gasteiger partial charge in [-0.05, 0) is 30.5 Å². The number of aromatic amines is 1. The van der Waals surface area contributed by atoms with Crippen LogP contribution in [-0.4, -0.2) is 42.0 Å². The number of fused-ring (bicyclic) bond motifs is 1. The first-order valence-electron chi connectivity index (χ1n) is 7.58. The van der Waals surface area contributed by atoms with Crippen molar-refractivity contribution in [1.29, 1.82) is 0 Å². The molecule has 1 N–H and O–H groups in total. The van der Waals surface area contributed by atoms with E-state index in [1.54, 1.807) is 0 Å². The lowest BCUT2D eigenvalue weighted by atomic mass is 10.0. The number of halogens is 2. The topological polar surface area (TPSA) is 62.4 Å². The number of amides is 1. The first-order valence-corrected chi connectivity index (χ1v) is 7.58. The number of H-pyrrole nitrogens is 1. The van der Waals surface area contributed by atoms with Gasteiger partial charge in [-0.1, -0.05) is 13.8 Å². The molecule has 0 fully saturated rings. The second-order valence-electron chi connectivity index (χ2n) is 6.09. The van der Waals surface area contributed by atoms with Crippen LogP contribution in [0, 0.1) is 17.6 Å². The van der Waals surface area contributed by atoms with E-state index in [2.05, 4.69) is 4.98 Å². The predicted octanol–water partition coefficient (Wildman–Crippen LogP) is 3.11. The lowest BCUT2D eigenvalue weighted by Gasteiger charge is -2.27. The van der Waals surface area contributed by atoms with Gasteiger partial charge in [0.25, 0.3) is 5.91 Å². The molecule has 0 saturated carbocycles. The normalized spacial score (nSPS) is 12.5. The monoisotopic (exact) mass is 338 g/mol. The van der Waals surface area contributed by atoms with Gasteiger partial charge in [0.15, 0.2) is 0 Å². The zero-order valence-corrected chi connectivity index (χ0v) is 14.0. The first kappa shape index (κ1) is 17.9. The highest BCUT2D eigenvalue weighted by atomic mass is 19.1. The second kappa shape index (κ2) is 6.98. The van der Waals surface area contributed by atoms with Gasteiger partial charge < -0.3 is 14.6 Å². The lowest BCUT2D eigenvalue weighted by Crippen LogP contribution is -2.44. The van der Waals surface area contributed by atoms with Gasteiger partial charge in [-0.2, -0.15) is 0 Å². The Hall–Kier alpha value is -2.44. The van der Waals surface area contributed by atoms with Gasteiger partial charge >= 0.3 is 5.97 Å². The van der Waals surface area contributed by atoms with Crippen molar-refractivity contribution in [2.24, 2.45) is 5.92 Å². The molecule has 1 aromatic heterocycles. The molecule has 1 aromatic carbocycles. The molecule has 2 rings (SSSR count). The van der Waals surface area contributed by atoms with Crippen LogP contribution >= 0.6 is 0 Å². The summed E-state index contributed by atoms with van der Waals surface area (Å²) in [6.07, 6.45) is 0.415. The fourth-order valence-corrected chi connectivity index (χ4v) is 2.59. The van der Waals surface area contributed by atoms with E-state index in [1.807, 2.05) is 13.8 Å². The number of nitrogens with zero attached hydrogens (tertiary/aromatic N) is 1. The Bertz CT molecular complexity index is 732. The van der Waals surface area contributed by atoms with Crippen LogP contribution in [0.3, 0.4) is 0 Å². The van der Waals surface area contributed by atoms with Crippen molar-refractivity contribution < 1.29 is 23.1 Å². The van der Waals surface area contributed by atoms with Gasteiger partial charge in [0, 0.05) is 12.4 Å². The number of hydrogen-bond donors (Lipinski definition) is 1. The Morgan fingerprint density at radius 1 is 1.25 bits per heavy atom. The van der Waals surface area contributed by atoms with Crippen LogP contribution in [0.1, 0.15) is 30.8 Å². The van der Waals surface area contributed by atoms with E-state index in [0.29, 0.717) is 6.42 Å². The average Bonchev–Trinajstić information content (AvgIpc) is 3.00. The molecular formula is C17H20F2N2O3. The summed E-state index contributed by atoms with van der Waals surface area (Å²) in [7, 11) is 2.71. The van der Waals surface area contributed by atoms with Crippen LogP contribution in [0.4, 0.5) is 8.78 Å². The van der Waals surface area contributed by atoms with Gasteiger partial charge in [-0.15, -0.1) is 0 Å². The summed E-state index contributed by atoms with van der Waals surface area (Å²) >= 11 is 0. The molecule has 1 heterocycles. The molecule has 0 saturated heterocycles. The van der Waals surface area contributed by atoms with E-state index in [-0.39, 0.29) is 22.5 Å². The molecule has 0 bridgehead atoms. The molecule has 130 valence electrons. The number of ether oxygens (including phenoxy) is 1. The maximum atomic E-state index is 13.8. The molecule has 0 aliphatic carbocycles. The molecule has 1 amide bonds. The minimum atomic E-state index is -0.774. The number of likely N-dealkylation sites (N-methyl/N-ethyl adjacent to an activating group) is 1. The van der Waals surface area contributed by atoms with Crippen molar-refractivity contribution in [1.82, 2.24) is 9.88 Å². The highest BCUT2D eigenvalue weighted by Gasteiger charge is 2.30. The maximum Gasteiger partial charge on any atom is 0.328 e. The predicted molar refractivity (Wildman–Crippen MR) is 85.6 cm³/mol. The highest BCUT2D eigenvalue weighted by Crippen LogP contribution is 2.23. The van der Waals surface area contributed by atoms with Gasteiger partial charge in [-0.3, -0.25) is 4.79 Å². The summed E-state index contributed by atoms with van der Waals surface area (Å²) in [5, 5.41) is -0.00905. The Labute approximate surface area is 138 Å². The fourth-order valence-electron chi connectivity index (χ4n) is 2.59. The van der Waals surface area contributed by atoms with E-state index >= 15 is 0 Å². The number of rotatable bonds is 5. The van der Waals surface area contributed by atoms with Crippen molar-refractivity contribution in [3.8, 4) is 0 Å². The number of nitrogens with one attached hydrogen (secondary N) is 1. The summed E-state index contributed by atoms with van der Waals surface area (Å²) < 4.78 is 32.3. The molecule has 7 heteroatoms. The molecule has 0 radical (unpaired) electrons. The third kappa shape index (κ3) is 3.39. The van der Waals surface area contributed by atoms with Crippen LogP contribution in [0.25, 0.3) is 10.9 Å². The lowest BCUT2D eigenvalue weighted by molar-refractivity contribution is -0.146. The van der Waals surface area contributed by atoms with Crippen LogP contribution in [0.5, 0.6) is 0 Å². The molecule has 1 atom stereocenters. The number of methoxy groups -OCH3 is 1. The molecular weight excluding hydrogens is 318 g/mol. The van der Waals surface area contributed by atoms with E-state index in [1.165, 1.54) is 25.1 Å². The van der Waals surface area contributed by atoms with Crippen molar-refractivity contribution in [3.05, 3.63) is 35.5 Å². The van der Waals surface area contributed by atoms with Crippen molar-refractivity contribution in [2.45, 2.75) is 26.3 Å². The quantitative estimate of drug-likeness (QED) is 0.852. The number of esters is 1. The molecule has 0 aliphatic rings. The summed E-state index contributed by atoms with van der Waals surface area (Å²) in [6, 6.07) is 2.46. The van der Waals surface area contributed by atoms with E-state index in [9.17, 15) is 18.4 Å². The van der Waals surface area contributed by atoms with Crippen LogP contribution in [0.15, 0.2) is 18.2 Å². The summed E-state index contributed by atoms with van der Waals surface area (Å²) in [5.41, 5.74) is -0.0700. The van der Waals surface area contributed by atoms with Gasteiger partial charge in [0.1, 0.15) is 23.4 Å². The summed E-state index contributed by atoms with van der Waals surface area (Å²) in [5.74, 6) is -2.20. The number of benzene rings is 1. The molecule has 0 aliphatic heterocycles. The Morgan fingerprint density at radius 2 is 1.88 bits per heavy atom. The van der Waals surface area contributed by atoms with E-state index < -0.39 is 29.6 Å². The van der Waals surface area contributed by atoms with Gasteiger partial charge in [0.05, 0.1) is 12.6 Å². The average molecular weight is 338 g/mol. The molecule has 0 spiro atoms. The third-order valence-electron chi connectivity index (χ3n) is 3.88. The third-order valence-corrected chi connectivity index (χ3v) is 3.88. The minimum absolute atomic E-state index is 0.00848. The largest absolute Gasteiger partial charge is 0.467 e. The number of carbonyl (C=O) groups is 2. The van der Waals surface area contributed by atoms with Crippen molar-refractivity contribution in [2.75, 3.05) is 14.2 Å². The SMILES string of the molecule is COC(=O)[C@H](CC(C)C)N(C)C(=O)c1cc2c(F)ccc(F)c2[nH]1. The summed E-state index contributed by atoms with van der Waals surface area (Å²) in [4.78, 5) is 28.4. The van der Waals surface area contributed by atoms with Crippen LogP contribution < -0.4 is 0 Å². The molecule has 24 heavy (non-hydrogen) atoms. The maximum absolute atomic E-state index is 13.8. The number of carbonyl (C=O) groups excluding carboxylic acids is 2. The number of aromatic nitrogens is 1. The van der Waals surface area contributed by atoms with Gasteiger partial charge in [0.2, 0.25) is 0 Å². The zero-order valence-electron chi connectivity index (χ0n) is 14.0. The van der Waals surface area contributed by atoms with E-state index in [4.69, 9.17) is 4.74 Å². The molecule has 2 aromatic rings. The highest BCUT2D eigenvalue weighted by molar-refractivity contribution is 5.99. The zero-order chi connectivity index (χ0) is 18.0. The summed E-state index contributed by atoms with van der Waals surface area (Å²) in [6.45, 7) is 3.84. The van der Waals surface area contributed by atoms with Gasteiger partial charge in [-0.25, -0.2) is 13.6 Å². The fraction of sp³-hybridized carbons (Fsp3) is 0.412. The second-order valence-corrected chi connectivity index (χ2v) is 6.09. The van der Waals surface area contributed by atoms with Crippen molar-refractivity contribution in [3.63, 3.8) is 0 Å². The number of hydrogen-bond acceptors (Lipinski definition) is 3. The van der Waals surface area contributed by atoms with Crippen LogP contribution in [-0.2, 0) is 9.53 Å². The smallest absolute Gasteiger partial charge is 0.328 e. The van der Waals surface area contributed by atoms with Crippen molar-refractivity contribution >= 4 is 22.8 Å². The minimum Gasteiger partial charge on any atom is -0.467 e. The molecule has 5 nitrogen and oxygen atoms in total. The Kier molecular flexibility index (Phi) is 5.21. The Morgan fingerprint density at radius 3 is 2.42 bits per heavy atom. The first-order chi connectivity index (χ1) is 11.3. The Balaban J connectivity index is 2.37. The molecule has 0 unspecified atom stereocenters. The van der Waals surface area contributed by atoms with E-state index in [0.717, 1.165) is 12.1 Å². The standard InChI is InChI=1S/C17H20F2N2O3/c1-9(2)7-14(17(23)24-4)21(3)16(22)13-8-10-11(18)5-6-12(19)15(10)20-13/h5-6,8-9,14,20H,7H2,1-4H3/t14-/m0/s1.